The Morgan fingerprint density at radius 2 is 2.08 bits per heavy atom. The SMILES string of the molecule is Cc1occc1C(=O)NCCCc1nc2c([nH]1)c(=O)n(C)c(=O)n2C. The first-order valence-corrected chi connectivity index (χ1v) is 7.87. The zero-order valence-electron chi connectivity index (χ0n) is 14.3. The number of furan rings is 1. The fraction of sp³-hybridized carbons (Fsp3) is 0.375. The molecule has 9 heteroatoms. The summed E-state index contributed by atoms with van der Waals surface area (Å²) in [5.74, 6) is 0.987. The molecule has 0 bridgehead atoms. The maximum atomic E-state index is 12.1. The first kappa shape index (κ1) is 16.7. The predicted octanol–water partition coefficient (Wildman–Crippen LogP) is 0.224. The van der Waals surface area contributed by atoms with Crippen LogP contribution >= 0.6 is 0 Å². The molecule has 0 atom stereocenters. The molecule has 0 spiro atoms. The normalized spacial score (nSPS) is 11.2. The van der Waals surface area contributed by atoms with Gasteiger partial charge in [0.2, 0.25) is 0 Å². The fourth-order valence-electron chi connectivity index (χ4n) is 2.67. The molecule has 2 N–H and O–H groups in total. The van der Waals surface area contributed by atoms with Gasteiger partial charge < -0.3 is 14.7 Å². The molecule has 0 radical (unpaired) electrons. The smallest absolute Gasteiger partial charge is 0.332 e. The van der Waals surface area contributed by atoms with E-state index >= 15 is 0 Å². The van der Waals surface area contributed by atoms with E-state index in [0.717, 1.165) is 4.57 Å². The third kappa shape index (κ3) is 3.00. The van der Waals surface area contributed by atoms with Crippen molar-refractivity contribution in [2.45, 2.75) is 19.8 Å². The lowest BCUT2D eigenvalue weighted by Crippen LogP contribution is -2.36. The summed E-state index contributed by atoms with van der Waals surface area (Å²) in [5.41, 5.74) is 0.333. The molecule has 0 unspecified atom stereocenters. The minimum atomic E-state index is -0.418. The number of carbonyl (C=O) groups is 1. The number of fused-ring (bicyclic) bond motifs is 1. The van der Waals surface area contributed by atoms with E-state index < -0.39 is 11.2 Å². The van der Waals surface area contributed by atoms with E-state index in [9.17, 15) is 14.4 Å². The molecule has 1 amide bonds. The van der Waals surface area contributed by atoms with E-state index in [1.807, 2.05) is 0 Å². The average molecular weight is 345 g/mol. The Morgan fingerprint density at radius 1 is 1.32 bits per heavy atom. The van der Waals surface area contributed by atoms with Gasteiger partial charge in [-0.05, 0) is 19.4 Å². The quantitative estimate of drug-likeness (QED) is 0.642. The molecule has 0 aliphatic carbocycles. The van der Waals surface area contributed by atoms with Gasteiger partial charge in [0.05, 0.1) is 11.8 Å². The summed E-state index contributed by atoms with van der Waals surface area (Å²) in [7, 11) is 3.00. The van der Waals surface area contributed by atoms with Gasteiger partial charge in [-0.2, -0.15) is 0 Å². The number of nitrogens with zero attached hydrogens (tertiary/aromatic N) is 3. The standard InChI is InChI=1S/C16H19N5O4/c1-9-10(6-8-25-9)14(22)17-7-4-5-11-18-12-13(19-11)20(2)16(24)21(3)15(12)23/h6,8H,4-5,7H2,1-3H3,(H,17,22)(H,18,19). The van der Waals surface area contributed by atoms with Gasteiger partial charge in [-0.1, -0.05) is 0 Å². The third-order valence-corrected chi connectivity index (χ3v) is 4.12. The van der Waals surface area contributed by atoms with Crippen LogP contribution in [-0.2, 0) is 20.5 Å². The average Bonchev–Trinajstić information content (AvgIpc) is 3.21. The second kappa shape index (κ2) is 6.42. The van der Waals surface area contributed by atoms with Crippen molar-refractivity contribution >= 4 is 17.1 Å². The number of amides is 1. The van der Waals surface area contributed by atoms with E-state index in [1.165, 1.54) is 17.9 Å². The molecular formula is C16H19N5O4. The van der Waals surface area contributed by atoms with Crippen LogP contribution in [0.15, 0.2) is 26.3 Å². The van der Waals surface area contributed by atoms with Crippen LogP contribution < -0.4 is 16.6 Å². The summed E-state index contributed by atoms with van der Waals surface area (Å²) in [6.07, 6.45) is 2.65. The van der Waals surface area contributed by atoms with E-state index in [0.29, 0.717) is 47.7 Å². The molecule has 0 aliphatic heterocycles. The van der Waals surface area contributed by atoms with Gasteiger partial charge in [0.1, 0.15) is 17.1 Å². The van der Waals surface area contributed by atoms with E-state index in [2.05, 4.69) is 15.3 Å². The Bertz CT molecular complexity index is 1050. The number of H-pyrrole nitrogens is 1. The van der Waals surface area contributed by atoms with Crippen LogP contribution in [0.25, 0.3) is 11.2 Å². The number of rotatable bonds is 5. The highest BCUT2D eigenvalue weighted by molar-refractivity contribution is 5.94. The van der Waals surface area contributed by atoms with Crippen molar-refractivity contribution in [2.75, 3.05) is 6.54 Å². The molecule has 0 aliphatic rings. The number of hydrogen-bond acceptors (Lipinski definition) is 5. The molecule has 132 valence electrons. The van der Waals surface area contributed by atoms with Crippen LogP contribution in [0, 0.1) is 6.92 Å². The summed E-state index contributed by atoms with van der Waals surface area (Å²) >= 11 is 0. The van der Waals surface area contributed by atoms with Crippen LogP contribution in [0.4, 0.5) is 0 Å². The van der Waals surface area contributed by atoms with Crippen molar-refractivity contribution in [3.05, 3.63) is 50.3 Å². The molecule has 0 aromatic carbocycles. The molecular weight excluding hydrogens is 326 g/mol. The Kier molecular flexibility index (Phi) is 4.30. The summed E-state index contributed by atoms with van der Waals surface area (Å²) in [4.78, 5) is 43.3. The largest absolute Gasteiger partial charge is 0.469 e. The van der Waals surface area contributed by atoms with E-state index in [1.54, 1.807) is 20.0 Å². The molecule has 9 nitrogen and oxygen atoms in total. The van der Waals surface area contributed by atoms with Gasteiger partial charge in [0.25, 0.3) is 11.5 Å². The summed E-state index contributed by atoms with van der Waals surface area (Å²) in [6.45, 7) is 2.19. The van der Waals surface area contributed by atoms with Gasteiger partial charge in [0.15, 0.2) is 5.65 Å². The highest BCUT2D eigenvalue weighted by Gasteiger charge is 2.14. The Morgan fingerprint density at radius 3 is 2.76 bits per heavy atom. The van der Waals surface area contributed by atoms with Gasteiger partial charge in [-0.25, -0.2) is 9.78 Å². The first-order chi connectivity index (χ1) is 11.9. The molecule has 3 rings (SSSR count). The fourth-order valence-corrected chi connectivity index (χ4v) is 2.67. The number of aryl methyl sites for hydroxylation is 3. The molecule has 3 aromatic rings. The molecule has 0 saturated carbocycles. The topological polar surface area (TPSA) is 115 Å². The molecule has 3 heterocycles. The minimum Gasteiger partial charge on any atom is -0.469 e. The predicted molar refractivity (Wildman–Crippen MR) is 90.7 cm³/mol. The van der Waals surface area contributed by atoms with Crippen LogP contribution in [0.2, 0.25) is 0 Å². The lowest BCUT2D eigenvalue weighted by atomic mass is 10.2. The Hall–Kier alpha value is -3.10. The number of nitrogens with one attached hydrogen (secondary N) is 2. The second-order valence-electron chi connectivity index (χ2n) is 5.84. The van der Waals surface area contributed by atoms with Gasteiger partial charge >= 0.3 is 5.69 Å². The Labute approximate surface area is 142 Å². The summed E-state index contributed by atoms with van der Waals surface area (Å²) < 4.78 is 7.47. The van der Waals surface area contributed by atoms with E-state index in [4.69, 9.17) is 4.42 Å². The first-order valence-electron chi connectivity index (χ1n) is 7.87. The molecule has 0 saturated heterocycles. The van der Waals surface area contributed by atoms with Crippen LogP contribution in [-0.4, -0.2) is 31.6 Å². The zero-order valence-corrected chi connectivity index (χ0v) is 14.3. The summed E-state index contributed by atoms with van der Waals surface area (Å²) in [5, 5.41) is 2.81. The number of aromatic nitrogens is 4. The number of hydrogen-bond donors (Lipinski definition) is 2. The van der Waals surface area contributed by atoms with Gasteiger partial charge in [-0.3, -0.25) is 18.7 Å². The van der Waals surface area contributed by atoms with Crippen LogP contribution in [0.3, 0.4) is 0 Å². The van der Waals surface area contributed by atoms with E-state index in [-0.39, 0.29) is 5.91 Å². The molecule has 0 fully saturated rings. The highest BCUT2D eigenvalue weighted by Crippen LogP contribution is 2.09. The van der Waals surface area contributed by atoms with Crippen molar-refractivity contribution in [3.8, 4) is 0 Å². The lowest BCUT2D eigenvalue weighted by Gasteiger charge is -2.03. The van der Waals surface area contributed by atoms with Crippen LogP contribution in [0.1, 0.15) is 28.4 Å². The number of carbonyl (C=O) groups excluding carboxylic acids is 1. The zero-order chi connectivity index (χ0) is 18.1. The summed E-state index contributed by atoms with van der Waals surface area (Å²) in [6, 6.07) is 1.63. The second-order valence-corrected chi connectivity index (χ2v) is 5.84. The number of imidazole rings is 1. The van der Waals surface area contributed by atoms with Crippen molar-refractivity contribution in [2.24, 2.45) is 14.1 Å². The van der Waals surface area contributed by atoms with Gasteiger partial charge in [-0.15, -0.1) is 0 Å². The van der Waals surface area contributed by atoms with Crippen molar-refractivity contribution in [1.29, 1.82) is 0 Å². The minimum absolute atomic E-state index is 0.188. The maximum Gasteiger partial charge on any atom is 0.332 e. The Balaban J connectivity index is 1.66. The maximum absolute atomic E-state index is 12.1. The monoisotopic (exact) mass is 345 g/mol. The lowest BCUT2D eigenvalue weighted by molar-refractivity contribution is 0.0951. The number of aromatic amines is 1. The van der Waals surface area contributed by atoms with Crippen LogP contribution in [0.5, 0.6) is 0 Å². The van der Waals surface area contributed by atoms with Crippen molar-refractivity contribution < 1.29 is 9.21 Å². The van der Waals surface area contributed by atoms with Crippen molar-refractivity contribution in [3.63, 3.8) is 0 Å². The molecule has 25 heavy (non-hydrogen) atoms. The highest BCUT2D eigenvalue weighted by atomic mass is 16.3. The molecule has 3 aromatic heterocycles. The van der Waals surface area contributed by atoms with Gasteiger partial charge in [0, 0.05) is 27.1 Å². The third-order valence-electron chi connectivity index (χ3n) is 4.12. The van der Waals surface area contributed by atoms with Crippen molar-refractivity contribution in [1.82, 2.24) is 24.4 Å².